The molecule has 9 nitrogen and oxygen atoms in total. The number of amides is 1. The maximum Gasteiger partial charge on any atom is 0.251 e. The Kier molecular flexibility index (Phi) is 10.7. The molecule has 0 bridgehead atoms. The number of benzene rings is 4. The number of piperidine rings is 1. The molecule has 262 valence electrons. The number of rotatable bonds is 13. The summed E-state index contributed by atoms with van der Waals surface area (Å²) in [7, 11) is 4.62. The van der Waals surface area contributed by atoms with Crippen molar-refractivity contribution in [2.75, 3.05) is 47.5 Å². The highest BCUT2D eigenvalue weighted by Crippen LogP contribution is 2.41. The van der Waals surface area contributed by atoms with Gasteiger partial charge < -0.3 is 34.1 Å². The zero-order valence-electron chi connectivity index (χ0n) is 29.1. The Morgan fingerprint density at radius 2 is 1.62 bits per heavy atom. The van der Waals surface area contributed by atoms with Gasteiger partial charge in [-0.3, -0.25) is 4.79 Å². The fraction of sp³-hybridized carbons (Fsp3) is 0.350. The van der Waals surface area contributed by atoms with E-state index in [0.29, 0.717) is 73.2 Å². The first-order chi connectivity index (χ1) is 24.2. The van der Waals surface area contributed by atoms with Crippen LogP contribution in [0.3, 0.4) is 0 Å². The fourth-order valence-electron chi connectivity index (χ4n) is 7.03. The van der Waals surface area contributed by atoms with Crippen LogP contribution >= 0.6 is 0 Å². The Bertz CT molecular complexity index is 1920. The maximum absolute atomic E-state index is 13.6. The number of nitrogens with zero attached hydrogens (tertiary/aromatic N) is 3. The SMILES string of the molecule is COc1cc(C(=O)NCC(CCN2CCC(O)(c3nc4ccccc4n3Cc3ccc(F)cc3)CC2)c2ccccc2)c(C)c(OC)c1OC. The van der Waals surface area contributed by atoms with E-state index < -0.39 is 5.60 Å². The Balaban J connectivity index is 1.14. The van der Waals surface area contributed by atoms with Gasteiger partial charge in [0, 0.05) is 43.2 Å². The Hall–Kier alpha value is -4.93. The molecule has 6 rings (SSSR count). The number of hydrogen-bond donors (Lipinski definition) is 2. The van der Waals surface area contributed by atoms with E-state index in [-0.39, 0.29) is 17.6 Å². The molecule has 10 heteroatoms. The number of nitrogens with one attached hydrogen (secondary N) is 1. The summed E-state index contributed by atoms with van der Waals surface area (Å²) in [6, 6.07) is 26.3. The van der Waals surface area contributed by atoms with Crippen molar-refractivity contribution in [1.82, 2.24) is 19.8 Å². The van der Waals surface area contributed by atoms with Gasteiger partial charge in [-0.2, -0.15) is 0 Å². The van der Waals surface area contributed by atoms with Crippen molar-refractivity contribution in [1.29, 1.82) is 0 Å². The van der Waals surface area contributed by atoms with E-state index in [1.807, 2.05) is 49.4 Å². The summed E-state index contributed by atoms with van der Waals surface area (Å²) in [4.78, 5) is 20.8. The third-order valence-electron chi connectivity index (χ3n) is 9.90. The van der Waals surface area contributed by atoms with Gasteiger partial charge in [0.1, 0.15) is 17.2 Å². The first-order valence-electron chi connectivity index (χ1n) is 17.0. The van der Waals surface area contributed by atoms with Crippen molar-refractivity contribution < 1.29 is 28.5 Å². The summed E-state index contributed by atoms with van der Waals surface area (Å²) in [6.07, 6.45) is 1.89. The van der Waals surface area contributed by atoms with E-state index >= 15 is 0 Å². The van der Waals surface area contributed by atoms with E-state index in [1.54, 1.807) is 32.4 Å². The van der Waals surface area contributed by atoms with Crippen molar-refractivity contribution >= 4 is 16.9 Å². The largest absolute Gasteiger partial charge is 0.493 e. The van der Waals surface area contributed by atoms with Crippen LogP contribution in [-0.2, 0) is 12.1 Å². The molecule has 1 atom stereocenters. The summed E-state index contributed by atoms with van der Waals surface area (Å²) < 4.78 is 32.3. The normalized spacial score (nSPS) is 15.1. The van der Waals surface area contributed by atoms with Gasteiger partial charge in [0.15, 0.2) is 11.5 Å². The second-order valence-electron chi connectivity index (χ2n) is 12.9. The lowest BCUT2D eigenvalue weighted by Crippen LogP contribution is -2.44. The van der Waals surface area contributed by atoms with Crippen LogP contribution in [0.2, 0.25) is 0 Å². The summed E-state index contributed by atoms with van der Waals surface area (Å²) >= 11 is 0. The van der Waals surface area contributed by atoms with Crippen molar-refractivity contribution in [3.63, 3.8) is 0 Å². The summed E-state index contributed by atoms with van der Waals surface area (Å²) in [5.41, 5.74) is 3.90. The van der Waals surface area contributed by atoms with Gasteiger partial charge in [0.25, 0.3) is 5.91 Å². The molecule has 1 aromatic heterocycles. The smallest absolute Gasteiger partial charge is 0.251 e. The highest BCUT2D eigenvalue weighted by atomic mass is 19.1. The van der Waals surface area contributed by atoms with Crippen LogP contribution in [0.4, 0.5) is 4.39 Å². The van der Waals surface area contributed by atoms with Crippen molar-refractivity contribution in [2.45, 2.75) is 44.2 Å². The molecular formula is C40H45FN4O5. The summed E-state index contributed by atoms with van der Waals surface area (Å²) in [6.45, 7) is 4.98. The van der Waals surface area contributed by atoms with Gasteiger partial charge in [-0.15, -0.1) is 0 Å². The van der Waals surface area contributed by atoms with Gasteiger partial charge >= 0.3 is 0 Å². The minimum atomic E-state index is -1.10. The predicted octanol–water partition coefficient (Wildman–Crippen LogP) is 6.45. The molecule has 0 radical (unpaired) electrons. The Labute approximate surface area is 292 Å². The summed E-state index contributed by atoms with van der Waals surface area (Å²) in [5.74, 6) is 1.57. The molecule has 2 heterocycles. The van der Waals surface area contributed by atoms with Gasteiger partial charge in [-0.25, -0.2) is 9.37 Å². The van der Waals surface area contributed by atoms with Gasteiger partial charge in [0.05, 0.1) is 32.4 Å². The predicted molar refractivity (Wildman–Crippen MR) is 192 cm³/mol. The zero-order chi connectivity index (χ0) is 35.3. The van der Waals surface area contributed by atoms with Gasteiger partial charge in [-0.1, -0.05) is 54.6 Å². The molecule has 0 spiro atoms. The van der Waals surface area contributed by atoms with Crippen molar-refractivity contribution in [2.24, 2.45) is 0 Å². The summed E-state index contributed by atoms with van der Waals surface area (Å²) in [5, 5.41) is 15.2. The number of aromatic nitrogens is 2. The molecule has 0 aliphatic carbocycles. The molecule has 1 fully saturated rings. The monoisotopic (exact) mass is 680 g/mol. The van der Waals surface area contributed by atoms with E-state index in [4.69, 9.17) is 19.2 Å². The lowest BCUT2D eigenvalue weighted by Gasteiger charge is -2.38. The number of methoxy groups -OCH3 is 3. The molecule has 5 aromatic rings. The third-order valence-corrected chi connectivity index (χ3v) is 9.90. The molecular weight excluding hydrogens is 635 g/mol. The van der Waals surface area contributed by atoms with Crippen LogP contribution in [0.1, 0.15) is 58.1 Å². The lowest BCUT2D eigenvalue weighted by molar-refractivity contribution is -0.0352. The topological polar surface area (TPSA) is 98.1 Å². The second-order valence-corrected chi connectivity index (χ2v) is 12.9. The molecule has 0 saturated carbocycles. The molecule has 1 unspecified atom stereocenters. The standard InChI is InChI=1S/C40H45FN4O5/c1-27-32(24-35(48-2)37(50-4)36(27)49-3)38(46)42-25-30(29-10-6-5-7-11-29)18-21-44-22-19-40(47,20-23-44)39-43-33-12-8-9-13-34(33)45(39)26-28-14-16-31(41)17-15-28/h5-17,24,30,47H,18-23,25-26H2,1-4H3,(H,42,46). The average Bonchev–Trinajstić information content (AvgIpc) is 3.52. The molecule has 4 aromatic carbocycles. The Morgan fingerprint density at radius 3 is 2.30 bits per heavy atom. The first-order valence-corrected chi connectivity index (χ1v) is 17.0. The van der Waals surface area contributed by atoms with Crippen molar-refractivity contribution in [3.05, 3.63) is 119 Å². The molecule has 1 aliphatic rings. The number of para-hydroxylation sites is 2. The van der Waals surface area contributed by atoms with Gasteiger partial charge in [0.2, 0.25) is 5.75 Å². The van der Waals surface area contributed by atoms with E-state index in [9.17, 15) is 14.3 Å². The number of fused-ring (bicyclic) bond motifs is 1. The Morgan fingerprint density at radius 1 is 0.940 bits per heavy atom. The van der Waals surface area contributed by atoms with E-state index in [1.165, 1.54) is 19.2 Å². The quantitative estimate of drug-likeness (QED) is 0.148. The molecule has 50 heavy (non-hydrogen) atoms. The van der Waals surface area contributed by atoms with E-state index in [0.717, 1.165) is 35.1 Å². The number of carbonyl (C=O) groups is 1. The first kappa shape index (κ1) is 34.9. The van der Waals surface area contributed by atoms with Crippen molar-refractivity contribution in [3.8, 4) is 17.2 Å². The molecule has 1 saturated heterocycles. The van der Waals surface area contributed by atoms with Crippen LogP contribution in [0.5, 0.6) is 17.2 Å². The minimum Gasteiger partial charge on any atom is -0.493 e. The third kappa shape index (κ3) is 7.32. The van der Waals surface area contributed by atoms with Crippen LogP contribution in [-0.4, -0.2) is 73.0 Å². The maximum atomic E-state index is 13.6. The average molecular weight is 681 g/mol. The van der Waals surface area contributed by atoms with Crippen LogP contribution < -0.4 is 19.5 Å². The fourth-order valence-corrected chi connectivity index (χ4v) is 7.03. The number of ether oxygens (including phenoxy) is 3. The lowest BCUT2D eigenvalue weighted by atomic mass is 9.89. The number of hydrogen-bond acceptors (Lipinski definition) is 7. The second kappa shape index (κ2) is 15.3. The van der Waals surface area contributed by atoms with Crippen LogP contribution in [0.25, 0.3) is 11.0 Å². The minimum absolute atomic E-state index is 0.0724. The highest BCUT2D eigenvalue weighted by Gasteiger charge is 2.38. The zero-order valence-corrected chi connectivity index (χ0v) is 29.1. The van der Waals surface area contributed by atoms with Crippen LogP contribution in [0, 0.1) is 12.7 Å². The molecule has 1 aliphatic heterocycles. The number of imidazole rings is 1. The number of aliphatic hydroxyl groups is 1. The molecule has 2 N–H and O–H groups in total. The number of carbonyl (C=O) groups excluding carboxylic acids is 1. The van der Waals surface area contributed by atoms with Crippen LogP contribution in [0.15, 0.2) is 84.9 Å². The molecule has 1 amide bonds. The number of halogens is 1. The number of likely N-dealkylation sites (tertiary alicyclic amines) is 1. The highest BCUT2D eigenvalue weighted by molar-refractivity contribution is 5.97. The van der Waals surface area contributed by atoms with E-state index in [2.05, 4.69) is 26.9 Å². The van der Waals surface area contributed by atoms with Gasteiger partial charge in [-0.05, 0) is 74.2 Å².